The molecule has 0 aliphatic heterocycles. The van der Waals surface area contributed by atoms with Crippen molar-refractivity contribution in [2.24, 2.45) is 0 Å². The van der Waals surface area contributed by atoms with Gasteiger partial charge in [-0.3, -0.25) is 4.57 Å². The molecule has 0 bridgehead atoms. The van der Waals surface area contributed by atoms with Crippen LogP contribution in [0.25, 0.3) is 0 Å². The Morgan fingerprint density at radius 3 is 2.67 bits per heavy atom. The van der Waals surface area contributed by atoms with E-state index in [4.69, 9.17) is 0 Å². The Kier molecular flexibility index (Phi) is 3.82. The number of aromatic nitrogens is 2. The van der Waals surface area contributed by atoms with Gasteiger partial charge in [0.15, 0.2) is 0 Å². The average Bonchev–Trinajstić information content (AvgIpc) is 2.67. The molecule has 0 aliphatic carbocycles. The van der Waals surface area contributed by atoms with Crippen molar-refractivity contribution < 1.29 is 0 Å². The Morgan fingerprint density at radius 1 is 1.33 bits per heavy atom. The van der Waals surface area contributed by atoms with Crippen LogP contribution in [0.15, 0.2) is 47.8 Å². The third-order valence-electron chi connectivity index (χ3n) is 3.05. The summed E-state index contributed by atoms with van der Waals surface area (Å²) in [6.07, 6.45) is 3.31. The summed E-state index contributed by atoms with van der Waals surface area (Å²) in [5, 5.41) is 0. The number of hydrogen-bond donors (Lipinski definition) is 1. The quantitative estimate of drug-likeness (QED) is 0.804. The number of nitrogens with one attached hydrogen (secondary N) is 1. The molecule has 94 valence electrons. The Labute approximate surface area is 107 Å². The highest BCUT2D eigenvalue weighted by Crippen LogP contribution is 2.12. The van der Waals surface area contributed by atoms with E-state index in [1.165, 1.54) is 5.56 Å². The van der Waals surface area contributed by atoms with Crippen LogP contribution < -0.4 is 5.69 Å². The smallest absolute Gasteiger partial charge is 0.309 e. The maximum atomic E-state index is 11.8. The van der Waals surface area contributed by atoms with Gasteiger partial charge in [-0.15, -0.1) is 6.58 Å². The lowest BCUT2D eigenvalue weighted by atomic mass is 10.1. The molecule has 0 amide bonds. The fourth-order valence-corrected chi connectivity index (χ4v) is 2.20. The zero-order valence-corrected chi connectivity index (χ0v) is 10.6. The third-order valence-corrected chi connectivity index (χ3v) is 3.05. The number of nitrogens with zero attached hydrogens (tertiary/aromatic N) is 1. The largest absolute Gasteiger partial charge is 0.325 e. The van der Waals surface area contributed by atoms with E-state index >= 15 is 0 Å². The number of H-pyrrole nitrogens is 1. The van der Waals surface area contributed by atoms with Gasteiger partial charge in [0, 0.05) is 30.8 Å². The van der Waals surface area contributed by atoms with E-state index in [0.717, 1.165) is 24.2 Å². The summed E-state index contributed by atoms with van der Waals surface area (Å²) >= 11 is 0. The lowest BCUT2D eigenvalue weighted by molar-refractivity contribution is 0.697. The van der Waals surface area contributed by atoms with Crippen LogP contribution in [0.5, 0.6) is 0 Å². The van der Waals surface area contributed by atoms with Crippen LogP contribution in [-0.4, -0.2) is 9.55 Å². The minimum Gasteiger partial charge on any atom is -0.309 e. The number of benzene rings is 1. The zero-order valence-electron chi connectivity index (χ0n) is 10.6. The van der Waals surface area contributed by atoms with Crippen molar-refractivity contribution in [3.05, 3.63) is 70.4 Å². The number of hydrogen-bond acceptors (Lipinski definition) is 1. The maximum Gasteiger partial charge on any atom is 0.325 e. The first-order valence-corrected chi connectivity index (χ1v) is 6.21. The van der Waals surface area contributed by atoms with Gasteiger partial charge in [-0.05, 0) is 12.5 Å². The van der Waals surface area contributed by atoms with E-state index in [-0.39, 0.29) is 5.69 Å². The van der Waals surface area contributed by atoms with Gasteiger partial charge in [0.25, 0.3) is 0 Å². The van der Waals surface area contributed by atoms with Gasteiger partial charge in [-0.25, -0.2) is 4.79 Å². The predicted octanol–water partition coefficient (Wildman–Crippen LogP) is 2.52. The lowest BCUT2D eigenvalue weighted by Crippen LogP contribution is -2.17. The van der Waals surface area contributed by atoms with Crippen LogP contribution in [0, 0.1) is 0 Å². The number of allylic oxidation sites excluding steroid dienone is 1. The molecule has 2 aromatic rings. The molecule has 0 saturated carbocycles. The fourth-order valence-electron chi connectivity index (χ4n) is 2.20. The minimum absolute atomic E-state index is 0.0275. The molecule has 3 nitrogen and oxygen atoms in total. The molecule has 1 aromatic heterocycles. The van der Waals surface area contributed by atoms with E-state index in [2.05, 4.69) is 23.7 Å². The summed E-state index contributed by atoms with van der Waals surface area (Å²) in [5.41, 5.74) is 3.21. The van der Waals surface area contributed by atoms with E-state index in [0.29, 0.717) is 6.54 Å². The summed E-state index contributed by atoms with van der Waals surface area (Å²) in [6, 6.07) is 10.2. The van der Waals surface area contributed by atoms with Gasteiger partial charge in [0.1, 0.15) is 0 Å². The molecule has 2 rings (SSSR count). The standard InChI is InChI=1S/C15H18N2O/c1-3-8-14-13(16-15(18)17(14)4-2)11-12-9-6-5-7-10-12/h3,5-7,9-10H,1,4,8,11H2,2H3,(H,16,18). The van der Waals surface area contributed by atoms with E-state index in [9.17, 15) is 4.79 Å². The van der Waals surface area contributed by atoms with Crippen molar-refractivity contribution >= 4 is 0 Å². The van der Waals surface area contributed by atoms with Gasteiger partial charge in [-0.1, -0.05) is 36.4 Å². The minimum atomic E-state index is -0.0275. The molecule has 0 fully saturated rings. The molecular formula is C15H18N2O. The fraction of sp³-hybridized carbons (Fsp3) is 0.267. The van der Waals surface area contributed by atoms with E-state index in [1.54, 1.807) is 4.57 Å². The Bertz CT molecular complexity index is 578. The SMILES string of the molecule is C=CCc1c(Cc2ccccc2)[nH]c(=O)n1CC. The van der Waals surface area contributed by atoms with Gasteiger partial charge >= 0.3 is 5.69 Å². The predicted molar refractivity (Wildman–Crippen MR) is 73.9 cm³/mol. The van der Waals surface area contributed by atoms with Crippen LogP contribution >= 0.6 is 0 Å². The van der Waals surface area contributed by atoms with Crippen molar-refractivity contribution in [2.75, 3.05) is 0 Å². The van der Waals surface area contributed by atoms with Crippen LogP contribution in [0.1, 0.15) is 23.9 Å². The summed E-state index contributed by atoms with van der Waals surface area (Å²) in [5.74, 6) is 0. The highest BCUT2D eigenvalue weighted by atomic mass is 16.1. The molecule has 1 aromatic carbocycles. The van der Waals surface area contributed by atoms with E-state index in [1.807, 2.05) is 31.2 Å². The molecule has 0 aliphatic rings. The van der Waals surface area contributed by atoms with Gasteiger partial charge in [0.05, 0.1) is 0 Å². The molecule has 0 atom stereocenters. The normalized spacial score (nSPS) is 10.5. The first kappa shape index (κ1) is 12.4. The summed E-state index contributed by atoms with van der Waals surface area (Å²) < 4.78 is 1.78. The highest BCUT2D eigenvalue weighted by molar-refractivity contribution is 5.26. The third kappa shape index (κ3) is 2.45. The van der Waals surface area contributed by atoms with Gasteiger partial charge < -0.3 is 4.98 Å². The Morgan fingerprint density at radius 2 is 2.06 bits per heavy atom. The molecule has 1 heterocycles. The Balaban J connectivity index is 2.38. The summed E-state index contributed by atoms with van der Waals surface area (Å²) in [4.78, 5) is 14.8. The van der Waals surface area contributed by atoms with Gasteiger partial charge in [0.2, 0.25) is 0 Å². The lowest BCUT2D eigenvalue weighted by Gasteiger charge is -2.05. The van der Waals surface area contributed by atoms with Crippen LogP contribution in [-0.2, 0) is 19.4 Å². The Hall–Kier alpha value is -2.03. The zero-order chi connectivity index (χ0) is 13.0. The molecule has 0 radical (unpaired) electrons. The number of imidazole rings is 1. The highest BCUT2D eigenvalue weighted by Gasteiger charge is 2.11. The monoisotopic (exact) mass is 242 g/mol. The second-order valence-electron chi connectivity index (χ2n) is 4.25. The van der Waals surface area contributed by atoms with Crippen molar-refractivity contribution in [3.63, 3.8) is 0 Å². The number of rotatable bonds is 5. The summed E-state index contributed by atoms with van der Waals surface area (Å²) in [7, 11) is 0. The first-order valence-electron chi connectivity index (χ1n) is 6.21. The molecule has 18 heavy (non-hydrogen) atoms. The van der Waals surface area contributed by atoms with Crippen molar-refractivity contribution in [3.8, 4) is 0 Å². The van der Waals surface area contributed by atoms with Gasteiger partial charge in [-0.2, -0.15) is 0 Å². The van der Waals surface area contributed by atoms with E-state index < -0.39 is 0 Å². The molecular weight excluding hydrogens is 224 g/mol. The van der Waals surface area contributed by atoms with Crippen molar-refractivity contribution in [1.82, 2.24) is 9.55 Å². The van der Waals surface area contributed by atoms with Crippen LogP contribution in [0.3, 0.4) is 0 Å². The maximum absolute atomic E-state index is 11.8. The van der Waals surface area contributed by atoms with Crippen molar-refractivity contribution in [1.29, 1.82) is 0 Å². The topological polar surface area (TPSA) is 37.8 Å². The number of aromatic amines is 1. The second-order valence-corrected chi connectivity index (χ2v) is 4.25. The van der Waals surface area contributed by atoms with Crippen molar-refractivity contribution in [2.45, 2.75) is 26.3 Å². The van der Waals surface area contributed by atoms with Crippen LogP contribution in [0.2, 0.25) is 0 Å². The first-order chi connectivity index (χ1) is 8.76. The average molecular weight is 242 g/mol. The summed E-state index contributed by atoms with van der Waals surface area (Å²) in [6.45, 7) is 6.43. The molecule has 0 unspecified atom stereocenters. The molecule has 3 heteroatoms. The second kappa shape index (κ2) is 5.54. The molecule has 0 spiro atoms. The molecule has 0 saturated heterocycles. The molecule has 1 N–H and O–H groups in total. The van der Waals surface area contributed by atoms with Crippen LogP contribution in [0.4, 0.5) is 0 Å².